The van der Waals surface area contributed by atoms with Gasteiger partial charge in [-0.25, -0.2) is 0 Å². The normalized spacial score (nSPS) is 32.4. The minimum atomic E-state index is 0.633. The lowest BCUT2D eigenvalue weighted by Gasteiger charge is -2.25. The van der Waals surface area contributed by atoms with Crippen molar-refractivity contribution in [3.05, 3.63) is 24.2 Å². The fraction of sp³-hybridized carbons (Fsp3) is 0.733. The van der Waals surface area contributed by atoms with Gasteiger partial charge in [0.2, 0.25) is 0 Å². The van der Waals surface area contributed by atoms with Crippen LogP contribution in [0.25, 0.3) is 0 Å². The Morgan fingerprint density at radius 3 is 2.82 bits per heavy atom. The second kappa shape index (κ2) is 4.85. The molecule has 3 rings (SSSR count). The zero-order valence-corrected chi connectivity index (χ0v) is 10.7. The van der Waals surface area contributed by atoms with Crippen LogP contribution in [0.4, 0.5) is 0 Å². The second-order valence-corrected chi connectivity index (χ2v) is 5.83. The van der Waals surface area contributed by atoms with Crippen molar-refractivity contribution >= 4 is 0 Å². The third-order valence-corrected chi connectivity index (χ3v) is 4.51. The number of fused-ring (bicyclic) bond motifs is 1. The van der Waals surface area contributed by atoms with E-state index in [1.165, 1.54) is 25.7 Å². The fourth-order valence-corrected chi connectivity index (χ4v) is 3.47. The van der Waals surface area contributed by atoms with Crippen molar-refractivity contribution in [1.29, 1.82) is 0 Å². The molecule has 0 aromatic carbocycles. The quantitative estimate of drug-likeness (QED) is 0.816. The summed E-state index contributed by atoms with van der Waals surface area (Å²) in [6.45, 7) is 3.38. The first-order valence-electron chi connectivity index (χ1n) is 7.12. The smallest absolute Gasteiger partial charge is 0.105 e. The summed E-state index contributed by atoms with van der Waals surface area (Å²) < 4.78 is 5.50. The highest BCUT2D eigenvalue weighted by Crippen LogP contribution is 2.55. The Kier molecular flexibility index (Phi) is 3.24. The van der Waals surface area contributed by atoms with Crippen molar-refractivity contribution in [1.82, 2.24) is 5.32 Å². The summed E-state index contributed by atoms with van der Waals surface area (Å²) in [6, 6.07) is 4.74. The summed E-state index contributed by atoms with van der Waals surface area (Å²) in [7, 11) is 0. The van der Waals surface area contributed by atoms with Crippen LogP contribution in [0.5, 0.6) is 0 Å². The highest BCUT2D eigenvalue weighted by atomic mass is 16.3. The number of nitrogens with one attached hydrogen (secondary N) is 1. The molecule has 1 aromatic heterocycles. The minimum absolute atomic E-state index is 0.633. The van der Waals surface area contributed by atoms with Crippen LogP contribution >= 0.6 is 0 Å². The van der Waals surface area contributed by atoms with Gasteiger partial charge in [-0.05, 0) is 62.1 Å². The first-order chi connectivity index (χ1) is 8.36. The van der Waals surface area contributed by atoms with Crippen LogP contribution < -0.4 is 5.32 Å². The number of rotatable bonds is 6. The fourth-order valence-electron chi connectivity index (χ4n) is 3.47. The number of furan rings is 1. The summed E-state index contributed by atoms with van der Waals surface area (Å²) >= 11 is 0. The van der Waals surface area contributed by atoms with Crippen LogP contribution in [0.2, 0.25) is 0 Å². The molecule has 0 bridgehead atoms. The van der Waals surface area contributed by atoms with E-state index in [1.54, 1.807) is 6.26 Å². The molecule has 0 aliphatic heterocycles. The van der Waals surface area contributed by atoms with Gasteiger partial charge in [0.15, 0.2) is 0 Å². The molecule has 3 atom stereocenters. The molecule has 2 saturated carbocycles. The monoisotopic (exact) mass is 233 g/mol. The Morgan fingerprint density at radius 2 is 2.18 bits per heavy atom. The zero-order chi connectivity index (χ0) is 11.7. The third kappa shape index (κ3) is 2.57. The summed E-state index contributed by atoms with van der Waals surface area (Å²) in [5.74, 6) is 4.17. The molecule has 3 unspecified atom stereocenters. The summed E-state index contributed by atoms with van der Waals surface area (Å²) in [5.41, 5.74) is 0. The average molecular weight is 233 g/mol. The van der Waals surface area contributed by atoms with E-state index in [-0.39, 0.29) is 0 Å². The molecule has 0 saturated heterocycles. The Balaban J connectivity index is 1.59. The standard InChI is InChI=1S/C15H23NO/c1-2-5-16-15(10-14-4-3-6-17-14)13-8-11-7-12(11)9-13/h3-4,6,11-13,15-16H,2,5,7-10H2,1H3. The van der Waals surface area contributed by atoms with Gasteiger partial charge in [-0.3, -0.25) is 0 Å². The van der Waals surface area contributed by atoms with E-state index < -0.39 is 0 Å². The molecule has 2 nitrogen and oxygen atoms in total. The minimum Gasteiger partial charge on any atom is -0.469 e. The van der Waals surface area contributed by atoms with Gasteiger partial charge < -0.3 is 9.73 Å². The molecule has 1 aromatic rings. The van der Waals surface area contributed by atoms with Gasteiger partial charge in [0.25, 0.3) is 0 Å². The molecular formula is C15H23NO. The van der Waals surface area contributed by atoms with Gasteiger partial charge in [-0.2, -0.15) is 0 Å². The van der Waals surface area contributed by atoms with E-state index in [4.69, 9.17) is 4.42 Å². The molecule has 2 aliphatic rings. The molecule has 1 N–H and O–H groups in total. The molecule has 1 heterocycles. The van der Waals surface area contributed by atoms with Gasteiger partial charge in [0.1, 0.15) is 5.76 Å². The number of hydrogen-bond acceptors (Lipinski definition) is 2. The summed E-state index contributed by atoms with van der Waals surface area (Å²) in [6.07, 6.45) is 8.49. The van der Waals surface area contributed by atoms with E-state index in [1.807, 2.05) is 6.07 Å². The summed E-state index contributed by atoms with van der Waals surface area (Å²) in [4.78, 5) is 0. The maximum Gasteiger partial charge on any atom is 0.105 e. The van der Waals surface area contributed by atoms with Crippen molar-refractivity contribution in [2.24, 2.45) is 17.8 Å². The van der Waals surface area contributed by atoms with Gasteiger partial charge in [0.05, 0.1) is 6.26 Å². The largest absolute Gasteiger partial charge is 0.469 e. The van der Waals surface area contributed by atoms with Crippen molar-refractivity contribution in [2.45, 2.75) is 45.1 Å². The van der Waals surface area contributed by atoms with E-state index in [0.717, 1.165) is 36.5 Å². The topological polar surface area (TPSA) is 25.2 Å². The van der Waals surface area contributed by atoms with Crippen LogP contribution in [0.1, 0.15) is 38.4 Å². The molecule has 94 valence electrons. The molecule has 2 aliphatic carbocycles. The first-order valence-corrected chi connectivity index (χ1v) is 7.12. The lowest BCUT2D eigenvalue weighted by atomic mass is 9.91. The third-order valence-electron chi connectivity index (χ3n) is 4.51. The second-order valence-electron chi connectivity index (χ2n) is 5.83. The van der Waals surface area contributed by atoms with Crippen molar-refractivity contribution < 1.29 is 4.42 Å². The first kappa shape index (κ1) is 11.3. The highest BCUT2D eigenvalue weighted by Gasteiger charge is 2.47. The predicted molar refractivity (Wildman–Crippen MR) is 68.8 cm³/mol. The van der Waals surface area contributed by atoms with Crippen molar-refractivity contribution in [3.8, 4) is 0 Å². The SMILES string of the molecule is CCCNC(Cc1ccco1)C1CC2CC2C1. The van der Waals surface area contributed by atoms with Crippen LogP contribution in [0, 0.1) is 17.8 Å². The molecule has 2 fully saturated rings. The molecule has 0 spiro atoms. The van der Waals surface area contributed by atoms with Gasteiger partial charge in [-0.1, -0.05) is 6.92 Å². The number of hydrogen-bond donors (Lipinski definition) is 1. The lowest BCUT2D eigenvalue weighted by molar-refractivity contribution is 0.316. The molecule has 0 radical (unpaired) electrons. The predicted octanol–water partition coefficient (Wildman–Crippen LogP) is 3.24. The zero-order valence-electron chi connectivity index (χ0n) is 10.7. The molecule has 17 heavy (non-hydrogen) atoms. The average Bonchev–Trinajstić information content (AvgIpc) is 2.80. The van der Waals surface area contributed by atoms with Crippen LogP contribution in [-0.2, 0) is 6.42 Å². The molecular weight excluding hydrogens is 210 g/mol. The van der Waals surface area contributed by atoms with Gasteiger partial charge in [0, 0.05) is 12.5 Å². The Morgan fingerprint density at radius 1 is 1.35 bits per heavy atom. The van der Waals surface area contributed by atoms with Crippen LogP contribution in [-0.4, -0.2) is 12.6 Å². The van der Waals surface area contributed by atoms with E-state index >= 15 is 0 Å². The van der Waals surface area contributed by atoms with E-state index in [2.05, 4.69) is 18.3 Å². The van der Waals surface area contributed by atoms with Crippen molar-refractivity contribution in [3.63, 3.8) is 0 Å². The maximum absolute atomic E-state index is 5.50. The van der Waals surface area contributed by atoms with E-state index in [9.17, 15) is 0 Å². The van der Waals surface area contributed by atoms with E-state index in [0.29, 0.717) is 6.04 Å². The van der Waals surface area contributed by atoms with Crippen LogP contribution in [0.3, 0.4) is 0 Å². The maximum atomic E-state index is 5.50. The Hall–Kier alpha value is -0.760. The molecule has 0 amide bonds. The highest BCUT2D eigenvalue weighted by molar-refractivity contribution is 5.05. The molecule has 2 heteroatoms. The van der Waals surface area contributed by atoms with Gasteiger partial charge in [-0.15, -0.1) is 0 Å². The van der Waals surface area contributed by atoms with Crippen molar-refractivity contribution in [2.75, 3.05) is 6.54 Å². The lowest BCUT2D eigenvalue weighted by Crippen LogP contribution is -2.38. The van der Waals surface area contributed by atoms with Crippen LogP contribution in [0.15, 0.2) is 22.8 Å². The Labute approximate surface area is 104 Å². The Bertz CT molecular complexity index is 336. The summed E-state index contributed by atoms with van der Waals surface area (Å²) in [5, 5.41) is 3.73. The van der Waals surface area contributed by atoms with Gasteiger partial charge >= 0.3 is 0 Å².